The number of unbranched alkanes of at least 4 members (excludes halogenated alkanes) is 3. The summed E-state index contributed by atoms with van der Waals surface area (Å²) in [5.74, 6) is 0.929. The van der Waals surface area contributed by atoms with Crippen molar-refractivity contribution in [3.63, 3.8) is 0 Å². The van der Waals surface area contributed by atoms with Gasteiger partial charge in [-0.3, -0.25) is 0 Å². The fourth-order valence-corrected chi connectivity index (χ4v) is 2.07. The van der Waals surface area contributed by atoms with E-state index in [1.54, 1.807) is 0 Å². The van der Waals surface area contributed by atoms with E-state index in [1.807, 2.05) is 13.8 Å². The van der Waals surface area contributed by atoms with Crippen LogP contribution in [-0.2, 0) is 0 Å². The van der Waals surface area contributed by atoms with Crippen molar-refractivity contribution in [2.75, 3.05) is 20.1 Å². The van der Waals surface area contributed by atoms with Crippen LogP contribution in [0.5, 0.6) is 0 Å². The third-order valence-electron chi connectivity index (χ3n) is 3.26. The molecule has 0 N–H and O–H groups in total. The van der Waals surface area contributed by atoms with E-state index in [2.05, 4.69) is 32.7 Å². The van der Waals surface area contributed by atoms with Crippen LogP contribution in [0.15, 0.2) is 0 Å². The maximum atomic E-state index is 2.52. The van der Waals surface area contributed by atoms with Gasteiger partial charge in [0.05, 0.1) is 0 Å². The molecule has 0 aromatic carbocycles. The van der Waals surface area contributed by atoms with E-state index < -0.39 is 0 Å². The van der Waals surface area contributed by atoms with E-state index >= 15 is 0 Å². The predicted molar refractivity (Wildman–Crippen MR) is 81.7 cm³/mol. The van der Waals surface area contributed by atoms with Gasteiger partial charge < -0.3 is 4.90 Å². The Labute approximate surface area is 111 Å². The quantitative estimate of drug-likeness (QED) is 0.467. The Morgan fingerprint density at radius 1 is 0.882 bits per heavy atom. The van der Waals surface area contributed by atoms with E-state index in [9.17, 15) is 0 Å². The summed E-state index contributed by atoms with van der Waals surface area (Å²) < 4.78 is 0. The summed E-state index contributed by atoms with van der Waals surface area (Å²) in [5, 5.41) is 0. The molecule has 0 aliphatic rings. The van der Waals surface area contributed by atoms with Crippen LogP contribution in [-0.4, -0.2) is 25.0 Å². The summed E-state index contributed by atoms with van der Waals surface area (Å²) in [6.45, 7) is 13.5. The van der Waals surface area contributed by atoms with Gasteiger partial charge in [-0.2, -0.15) is 0 Å². The summed E-state index contributed by atoms with van der Waals surface area (Å²) in [7, 11) is 2.28. The van der Waals surface area contributed by atoms with Gasteiger partial charge in [-0.25, -0.2) is 0 Å². The van der Waals surface area contributed by atoms with Gasteiger partial charge in [0.15, 0.2) is 0 Å². The van der Waals surface area contributed by atoms with Gasteiger partial charge >= 0.3 is 0 Å². The highest BCUT2D eigenvalue weighted by Gasteiger charge is 2.08. The highest BCUT2D eigenvalue weighted by atomic mass is 15.1. The molecule has 0 aromatic rings. The lowest BCUT2D eigenvalue weighted by Gasteiger charge is -2.23. The number of hydrogen-bond acceptors (Lipinski definition) is 1. The van der Waals surface area contributed by atoms with Gasteiger partial charge in [0.2, 0.25) is 0 Å². The van der Waals surface area contributed by atoms with E-state index in [4.69, 9.17) is 0 Å². The van der Waals surface area contributed by atoms with Crippen molar-refractivity contribution in [1.29, 1.82) is 0 Å². The summed E-state index contributed by atoms with van der Waals surface area (Å²) in [6, 6.07) is 0. The topological polar surface area (TPSA) is 3.24 Å². The number of nitrogens with zero attached hydrogens (tertiary/aromatic N) is 1. The van der Waals surface area contributed by atoms with Crippen LogP contribution >= 0.6 is 0 Å². The van der Waals surface area contributed by atoms with Gasteiger partial charge in [-0.1, -0.05) is 66.7 Å². The van der Waals surface area contributed by atoms with E-state index in [-0.39, 0.29) is 0 Å². The van der Waals surface area contributed by atoms with Crippen LogP contribution < -0.4 is 0 Å². The summed E-state index contributed by atoms with van der Waals surface area (Å²) in [4.78, 5) is 2.52. The molecule has 1 atom stereocenters. The monoisotopic (exact) mass is 243 g/mol. The maximum Gasteiger partial charge on any atom is 0.000650 e. The molecule has 1 heteroatoms. The van der Waals surface area contributed by atoms with E-state index in [0.29, 0.717) is 0 Å². The smallest absolute Gasteiger partial charge is 0.000650 e. The Morgan fingerprint density at radius 3 is 1.94 bits per heavy atom. The molecule has 0 fully saturated rings. The minimum atomic E-state index is 0.929. The second-order valence-electron chi connectivity index (χ2n) is 4.89. The molecule has 0 heterocycles. The molecule has 0 aliphatic heterocycles. The summed E-state index contributed by atoms with van der Waals surface area (Å²) >= 11 is 0. The van der Waals surface area contributed by atoms with Gasteiger partial charge in [0, 0.05) is 6.54 Å². The zero-order valence-corrected chi connectivity index (χ0v) is 13.4. The second-order valence-corrected chi connectivity index (χ2v) is 4.89. The first-order chi connectivity index (χ1) is 8.24. The van der Waals surface area contributed by atoms with Crippen molar-refractivity contribution in [2.24, 2.45) is 5.92 Å². The van der Waals surface area contributed by atoms with E-state index in [0.717, 1.165) is 5.92 Å². The molecule has 0 amide bonds. The Balaban J connectivity index is 0. The molecule has 17 heavy (non-hydrogen) atoms. The Morgan fingerprint density at radius 2 is 1.47 bits per heavy atom. The molecule has 1 nitrogen and oxygen atoms in total. The number of hydrogen-bond donors (Lipinski definition) is 0. The summed E-state index contributed by atoms with van der Waals surface area (Å²) in [5.41, 5.74) is 0. The molecule has 106 valence electrons. The first-order valence-electron chi connectivity index (χ1n) is 7.93. The molecule has 0 aliphatic carbocycles. The minimum absolute atomic E-state index is 0.929. The lowest BCUT2D eigenvalue weighted by Crippen LogP contribution is -2.26. The molecule has 0 saturated carbocycles. The first-order valence-corrected chi connectivity index (χ1v) is 7.93. The van der Waals surface area contributed by atoms with Gasteiger partial charge in [0.25, 0.3) is 0 Å². The average Bonchev–Trinajstić information content (AvgIpc) is 2.37. The SMILES string of the molecule is CC.CCCCCC(CC)CN(C)CCCC. The third kappa shape index (κ3) is 13.9. The van der Waals surface area contributed by atoms with Gasteiger partial charge in [0.1, 0.15) is 0 Å². The number of rotatable bonds is 10. The lowest BCUT2D eigenvalue weighted by molar-refractivity contribution is 0.256. The molecular weight excluding hydrogens is 206 g/mol. The zero-order chi connectivity index (χ0) is 13.5. The molecule has 0 saturated heterocycles. The third-order valence-corrected chi connectivity index (χ3v) is 3.26. The molecule has 0 aromatic heterocycles. The Hall–Kier alpha value is -0.0400. The van der Waals surface area contributed by atoms with Crippen molar-refractivity contribution in [3.8, 4) is 0 Å². The van der Waals surface area contributed by atoms with Crippen molar-refractivity contribution >= 4 is 0 Å². The minimum Gasteiger partial charge on any atom is -0.306 e. The average molecular weight is 243 g/mol. The van der Waals surface area contributed by atoms with Crippen LogP contribution in [0.3, 0.4) is 0 Å². The molecule has 0 rings (SSSR count). The predicted octanol–water partition coefficient (Wildman–Crippen LogP) is 5.35. The maximum absolute atomic E-state index is 2.52. The molecule has 0 radical (unpaired) electrons. The Kier molecular flexibility index (Phi) is 18.1. The van der Waals surface area contributed by atoms with Crippen LogP contribution in [0.4, 0.5) is 0 Å². The standard InChI is InChI=1S/C14H31N.C2H6/c1-5-8-10-11-14(7-3)13-15(4)12-9-6-2;1-2/h14H,5-13H2,1-4H3;1-2H3. The summed E-state index contributed by atoms with van der Waals surface area (Å²) in [6.07, 6.45) is 9.63. The van der Waals surface area contributed by atoms with Crippen molar-refractivity contribution in [3.05, 3.63) is 0 Å². The molecule has 1 unspecified atom stereocenters. The van der Waals surface area contributed by atoms with Crippen molar-refractivity contribution in [2.45, 2.75) is 79.6 Å². The highest BCUT2D eigenvalue weighted by molar-refractivity contribution is 4.62. The largest absolute Gasteiger partial charge is 0.306 e. The Bertz CT molecular complexity index is 123. The van der Waals surface area contributed by atoms with Gasteiger partial charge in [-0.15, -0.1) is 0 Å². The molecular formula is C16H37N. The lowest BCUT2D eigenvalue weighted by atomic mass is 9.98. The van der Waals surface area contributed by atoms with Crippen LogP contribution in [0.2, 0.25) is 0 Å². The van der Waals surface area contributed by atoms with Crippen molar-refractivity contribution in [1.82, 2.24) is 4.90 Å². The highest BCUT2D eigenvalue weighted by Crippen LogP contribution is 2.14. The van der Waals surface area contributed by atoms with Crippen molar-refractivity contribution < 1.29 is 0 Å². The van der Waals surface area contributed by atoms with Crippen LogP contribution in [0, 0.1) is 5.92 Å². The van der Waals surface area contributed by atoms with E-state index in [1.165, 1.54) is 58.0 Å². The molecule has 0 spiro atoms. The molecule has 0 bridgehead atoms. The fraction of sp³-hybridized carbons (Fsp3) is 1.00. The first kappa shape index (κ1) is 19.3. The van der Waals surface area contributed by atoms with Gasteiger partial charge in [-0.05, 0) is 32.4 Å². The zero-order valence-electron chi connectivity index (χ0n) is 13.4. The van der Waals surface area contributed by atoms with Crippen LogP contribution in [0.25, 0.3) is 0 Å². The fourth-order valence-electron chi connectivity index (χ4n) is 2.07. The normalized spacial score (nSPS) is 12.2. The second kappa shape index (κ2) is 16.0. The van der Waals surface area contributed by atoms with Crippen LogP contribution in [0.1, 0.15) is 79.6 Å².